The molecule has 0 heterocycles. The Hall–Kier alpha value is -2.95. The summed E-state index contributed by atoms with van der Waals surface area (Å²) in [6.45, 7) is 4.18. The van der Waals surface area contributed by atoms with Crippen LogP contribution in [-0.2, 0) is 4.79 Å². The molecule has 3 N–H and O–H groups in total. The van der Waals surface area contributed by atoms with Crippen LogP contribution >= 0.6 is 0 Å². The van der Waals surface area contributed by atoms with Gasteiger partial charge in [0.1, 0.15) is 0 Å². The van der Waals surface area contributed by atoms with Crippen molar-refractivity contribution in [3.63, 3.8) is 0 Å². The molecule has 0 radical (unpaired) electrons. The highest BCUT2D eigenvalue weighted by molar-refractivity contribution is 5.76. The van der Waals surface area contributed by atoms with Gasteiger partial charge in [0.15, 0.2) is 0 Å². The first-order valence-electron chi connectivity index (χ1n) is 28.1. The minimum atomic E-state index is -0.877. The standard InChI is InChI=1S/C62H107NO3/c1-3-5-7-9-11-13-15-17-19-21-23-25-26-27-28-29-30-31-32-33-34-35-36-38-40-42-44-46-48-50-52-54-56-58-62(66)63-60(59-64)61(65)57-55-53-51-49-47-45-43-41-39-37-24-22-20-18-16-14-12-10-8-6-4-2/h5,7,11,13,17,19,23,25,27-28,30-31,39,41,47,49,55,57,60-61,64-65H,3-4,6,8-10,12,14-16,18,20-22,24,26,29,32-38,40,42-46,48,50-54,56,58-59H2,1-2H3,(H,63,66)/b7-5-,13-11-,19-17-,25-23-,28-27-,31-30-,41-39+,49-47+,57-55+. The zero-order chi connectivity index (χ0) is 47.7. The zero-order valence-corrected chi connectivity index (χ0v) is 43.4. The van der Waals surface area contributed by atoms with Gasteiger partial charge >= 0.3 is 0 Å². The summed E-state index contributed by atoms with van der Waals surface area (Å²) < 4.78 is 0. The van der Waals surface area contributed by atoms with Gasteiger partial charge in [-0.25, -0.2) is 0 Å². The van der Waals surface area contributed by atoms with Gasteiger partial charge in [0.25, 0.3) is 0 Å². The number of nitrogens with one attached hydrogen (secondary N) is 1. The van der Waals surface area contributed by atoms with E-state index < -0.39 is 12.1 Å². The van der Waals surface area contributed by atoms with Crippen LogP contribution in [0.5, 0.6) is 0 Å². The molecule has 0 fully saturated rings. The Bertz CT molecular complexity index is 1270. The van der Waals surface area contributed by atoms with Crippen LogP contribution in [0.2, 0.25) is 0 Å². The first kappa shape index (κ1) is 63.1. The Balaban J connectivity index is 3.59. The molecule has 0 saturated carbocycles. The summed E-state index contributed by atoms with van der Waals surface area (Å²) >= 11 is 0. The van der Waals surface area contributed by atoms with Crippen LogP contribution in [0, 0.1) is 0 Å². The summed E-state index contributed by atoms with van der Waals surface area (Å²) in [4.78, 5) is 12.5. The van der Waals surface area contributed by atoms with Crippen LogP contribution < -0.4 is 5.32 Å². The van der Waals surface area contributed by atoms with Crippen LogP contribution in [0.3, 0.4) is 0 Å². The number of hydrogen-bond acceptors (Lipinski definition) is 3. The molecule has 0 saturated heterocycles. The smallest absolute Gasteiger partial charge is 0.220 e. The number of amides is 1. The Morgan fingerprint density at radius 2 is 0.682 bits per heavy atom. The van der Waals surface area contributed by atoms with Gasteiger partial charge < -0.3 is 15.5 Å². The number of rotatable bonds is 50. The molecule has 0 rings (SSSR count). The number of carbonyl (C=O) groups is 1. The van der Waals surface area contributed by atoms with Crippen LogP contribution in [0.1, 0.15) is 258 Å². The summed E-state index contributed by atoms with van der Waals surface area (Å²) in [7, 11) is 0. The molecule has 0 aromatic heterocycles. The van der Waals surface area contributed by atoms with E-state index in [2.05, 4.69) is 116 Å². The minimum Gasteiger partial charge on any atom is -0.394 e. The third-order valence-electron chi connectivity index (χ3n) is 12.2. The second-order valence-corrected chi connectivity index (χ2v) is 18.6. The summed E-state index contributed by atoms with van der Waals surface area (Å²) in [5, 5.41) is 23.1. The monoisotopic (exact) mass is 914 g/mol. The van der Waals surface area contributed by atoms with Gasteiger partial charge in [0.2, 0.25) is 5.91 Å². The lowest BCUT2D eigenvalue weighted by Gasteiger charge is -2.19. The van der Waals surface area contributed by atoms with Crippen molar-refractivity contribution >= 4 is 5.91 Å². The van der Waals surface area contributed by atoms with Crippen LogP contribution in [-0.4, -0.2) is 34.9 Å². The largest absolute Gasteiger partial charge is 0.394 e. The zero-order valence-electron chi connectivity index (χ0n) is 43.4. The fourth-order valence-electron chi connectivity index (χ4n) is 7.98. The number of aliphatic hydroxyl groups is 2. The number of unbranched alkanes of at least 4 members (excludes halogenated alkanes) is 27. The summed E-state index contributed by atoms with van der Waals surface area (Å²) in [6.07, 6.45) is 85.3. The average molecular weight is 915 g/mol. The molecule has 0 aromatic carbocycles. The molecule has 2 unspecified atom stereocenters. The molecular formula is C62H107NO3. The molecule has 1 amide bonds. The van der Waals surface area contributed by atoms with Crippen LogP contribution in [0.4, 0.5) is 0 Å². The van der Waals surface area contributed by atoms with Crippen LogP contribution in [0.25, 0.3) is 0 Å². The second kappa shape index (κ2) is 56.4. The molecule has 0 aliphatic carbocycles. The van der Waals surface area contributed by atoms with Crippen molar-refractivity contribution in [3.05, 3.63) is 109 Å². The van der Waals surface area contributed by atoms with E-state index in [1.54, 1.807) is 6.08 Å². The third kappa shape index (κ3) is 52.0. The van der Waals surface area contributed by atoms with E-state index in [9.17, 15) is 15.0 Å². The SMILES string of the molecule is CC/C=C\C/C=C\C/C=C\C/C=C\C/C=C\C/C=C\CCCCCCCCCCCCCCCCC(=O)NC(CO)C(O)/C=C/CC/C=C/CC/C=C/CCCCCCCCCCCCC. The molecule has 66 heavy (non-hydrogen) atoms. The number of carbonyl (C=O) groups excluding carboxylic acids is 1. The van der Waals surface area contributed by atoms with Crippen molar-refractivity contribution in [3.8, 4) is 0 Å². The molecular weight excluding hydrogens is 807 g/mol. The highest BCUT2D eigenvalue weighted by atomic mass is 16.3. The van der Waals surface area contributed by atoms with Gasteiger partial charge in [0.05, 0.1) is 18.8 Å². The Labute approximate surface area is 410 Å². The summed E-state index contributed by atoms with van der Waals surface area (Å²) in [5.41, 5.74) is 0. The van der Waals surface area contributed by atoms with Crippen LogP contribution in [0.15, 0.2) is 109 Å². The molecule has 0 aliphatic rings. The van der Waals surface area contributed by atoms with Gasteiger partial charge in [-0.2, -0.15) is 0 Å². The fraction of sp³-hybridized carbons (Fsp3) is 0.694. The van der Waals surface area contributed by atoms with E-state index in [1.165, 1.54) is 161 Å². The van der Waals surface area contributed by atoms with Gasteiger partial charge in [-0.3, -0.25) is 4.79 Å². The lowest BCUT2D eigenvalue weighted by atomic mass is 10.0. The maximum absolute atomic E-state index is 12.5. The van der Waals surface area contributed by atoms with E-state index in [1.807, 2.05) is 6.08 Å². The van der Waals surface area contributed by atoms with E-state index in [0.29, 0.717) is 6.42 Å². The average Bonchev–Trinajstić information content (AvgIpc) is 3.32. The lowest BCUT2D eigenvalue weighted by molar-refractivity contribution is -0.123. The maximum Gasteiger partial charge on any atom is 0.220 e. The van der Waals surface area contributed by atoms with Gasteiger partial charge in [-0.05, 0) is 96.3 Å². The normalized spacial score (nSPS) is 13.7. The van der Waals surface area contributed by atoms with Crippen molar-refractivity contribution < 1.29 is 15.0 Å². The topological polar surface area (TPSA) is 69.6 Å². The van der Waals surface area contributed by atoms with E-state index >= 15 is 0 Å². The van der Waals surface area contributed by atoms with Crippen molar-refractivity contribution in [2.45, 2.75) is 270 Å². The van der Waals surface area contributed by atoms with E-state index in [-0.39, 0.29) is 12.5 Å². The molecule has 0 bridgehead atoms. The molecule has 2 atom stereocenters. The second-order valence-electron chi connectivity index (χ2n) is 18.6. The first-order chi connectivity index (χ1) is 32.7. The fourth-order valence-corrected chi connectivity index (χ4v) is 7.98. The van der Waals surface area contributed by atoms with Gasteiger partial charge in [0, 0.05) is 6.42 Å². The highest BCUT2D eigenvalue weighted by Crippen LogP contribution is 2.15. The minimum absolute atomic E-state index is 0.0813. The quantitative estimate of drug-likeness (QED) is 0.0421. The number of aliphatic hydroxyl groups excluding tert-OH is 2. The molecule has 0 aliphatic heterocycles. The predicted octanol–water partition coefficient (Wildman–Crippen LogP) is 18.7. The van der Waals surface area contributed by atoms with Crippen molar-refractivity contribution in [2.75, 3.05) is 6.61 Å². The maximum atomic E-state index is 12.5. The molecule has 0 aromatic rings. The Morgan fingerprint density at radius 1 is 0.379 bits per heavy atom. The first-order valence-corrected chi connectivity index (χ1v) is 28.1. The molecule has 0 spiro atoms. The van der Waals surface area contributed by atoms with Crippen molar-refractivity contribution in [2.24, 2.45) is 0 Å². The van der Waals surface area contributed by atoms with Crippen molar-refractivity contribution in [1.29, 1.82) is 0 Å². The Kier molecular flexibility index (Phi) is 53.9. The third-order valence-corrected chi connectivity index (χ3v) is 12.2. The molecule has 4 heteroatoms. The number of allylic oxidation sites excluding steroid dienone is 17. The molecule has 4 nitrogen and oxygen atoms in total. The Morgan fingerprint density at radius 3 is 1.06 bits per heavy atom. The van der Waals surface area contributed by atoms with Gasteiger partial charge in [-0.15, -0.1) is 0 Å². The summed E-state index contributed by atoms with van der Waals surface area (Å²) in [5.74, 6) is -0.0813. The highest BCUT2D eigenvalue weighted by Gasteiger charge is 2.17. The van der Waals surface area contributed by atoms with Crippen molar-refractivity contribution in [1.82, 2.24) is 5.32 Å². The van der Waals surface area contributed by atoms with E-state index in [0.717, 1.165) is 77.0 Å². The molecule has 378 valence electrons. The summed E-state index contributed by atoms with van der Waals surface area (Å²) in [6, 6.07) is -0.653. The lowest BCUT2D eigenvalue weighted by Crippen LogP contribution is -2.45. The van der Waals surface area contributed by atoms with Gasteiger partial charge in [-0.1, -0.05) is 264 Å². The van der Waals surface area contributed by atoms with E-state index in [4.69, 9.17) is 0 Å². The predicted molar refractivity (Wildman–Crippen MR) is 294 cm³/mol. The number of hydrogen-bond donors (Lipinski definition) is 3.